The Kier molecular flexibility index (Phi) is 7.22. The van der Waals surface area contributed by atoms with E-state index in [0.29, 0.717) is 42.7 Å². The normalized spacial score (nSPS) is 22.8. The lowest BCUT2D eigenvalue weighted by Crippen LogP contribution is -2.55. The second-order valence-electron chi connectivity index (χ2n) is 9.50. The zero-order chi connectivity index (χ0) is 21.7. The number of aliphatic hydroxyl groups is 1. The molecule has 7 heteroatoms. The Morgan fingerprint density at radius 3 is 2.40 bits per heavy atom. The summed E-state index contributed by atoms with van der Waals surface area (Å²) < 4.78 is 11.2. The molecule has 1 aromatic carbocycles. The van der Waals surface area contributed by atoms with Gasteiger partial charge in [-0.1, -0.05) is 0 Å². The molecule has 2 heterocycles. The highest BCUT2D eigenvalue weighted by atomic mass is 16.6. The number of carbonyl (C=O) groups excluding carboxylic acids is 1. The summed E-state index contributed by atoms with van der Waals surface area (Å²) in [6.45, 7) is 9.96. The van der Waals surface area contributed by atoms with Crippen LogP contribution in [0.1, 0.15) is 39.2 Å². The van der Waals surface area contributed by atoms with Gasteiger partial charge in [-0.2, -0.15) is 5.26 Å². The predicted molar refractivity (Wildman–Crippen MR) is 113 cm³/mol. The van der Waals surface area contributed by atoms with Gasteiger partial charge in [-0.25, -0.2) is 4.79 Å². The lowest BCUT2D eigenvalue weighted by molar-refractivity contribution is -0.0178. The van der Waals surface area contributed by atoms with E-state index in [0.717, 1.165) is 32.6 Å². The van der Waals surface area contributed by atoms with E-state index in [-0.39, 0.29) is 6.09 Å². The quantitative estimate of drug-likeness (QED) is 0.769. The summed E-state index contributed by atoms with van der Waals surface area (Å²) in [5, 5.41) is 19.3. The van der Waals surface area contributed by atoms with Gasteiger partial charge in [-0.05, 0) is 63.3 Å². The summed E-state index contributed by atoms with van der Waals surface area (Å²) in [5.41, 5.74) is 0.128. The first-order valence-corrected chi connectivity index (χ1v) is 10.7. The standard InChI is InChI=1S/C23H33N3O4/c1-23(2,3)30-22(28)26-14-18-10-19(15-26)13-25(12-18)16-20(27)8-9-29-21-6-4-17(11-24)5-7-21/h4-7,18-20,27H,8-10,12-16H2,1-3H3. The molecule has 30 heavy (non-hydrogen) atoms. The van der Waals surface area contributed by atoms with Gasteiger partial charge in [-0.15, -0.1) is 0 Å². The van der Waals surface area contributed by atoms with Gasteiger partial charge < -0.3 is 24.4 Å². The third-order valence-corrected chi connectivity index (χ3v) is 5.48. The number of hydrogen-bond acceptors (Lipinski definition) is 6. The number of fused-ring (bicyclic) bond motifs is 2. The van der Waals surface area contributed by atoms with Crippen molar-refractivity contribution in [1.82, 2.24) is 9.80 Å². The van der Waals surface area contributed by atoms with Crippen LogP contribution in [0.25, 0.3) is 0 Å². The molecule has 7 nitrogen and oxygen atoms in total. The van der Waals surface area contributed by atoms with E-state index in [1.807, 2.05) is 25.7 Å². The van der Waals surface area contributed by atoms with Crippen LogP contribution in [-0.4, -0.2) is 72.0 Å². The van der Waals surface area contributed by atoms with E-state index in [1.54, 1.807) is 24.3 Å². The average Bonchev–Trinajstić information content (AvgIpc) is 2.66. The first kappa shape index (κ1) is 22.4. The first-order chi connectivity index (χ1) is 14.2. The summed E-state index contributed by atoms with van der Waals surface area (Å²) in [6, 6.07) is 9.06. The molecule has 0 radical (unpaired) electrons. The molecule has 2 aliphatic rings. The molecular weight excluding hydrogens is 382 g/mol. The maximum Gasteiger partial charge on any atom is 0.410 e. The van der Waals surface area contributed by atoms with E-state index in [9.17, 15) is 9.90 Å². The lowest BCUT2D eigenvalue weighted by atomic mass is 9.84. The number of carbonyl (C=O) groups is 1. The summed E-state index contributed by atoms with van der Waals surface area (Å²) in [7, 11) is 0. The van der Waals surface area contributed by atoms with E-state index in [1.165, 1.54) is 0 Å². The highest BCUT2D eigenvalue weighted by molar-refractivity contribution is 5.68. The molecule has 2 bridgehead atoms. The number of ether oxygens (including phenoxy) is 2. The fourth-order valence-corrected chi connectivity index (χ4v) is 4.34. The monoisotopic (exact) mass is 415 g/mol. The molecule has 2 aliphatic heterocycles. The molecule has 164 valence electrons. The van der Waals surface area contributed by atoms with Crippen LogP contribution in [0, 0.1) is 23.2 Å². The van der Waals surface area contributed by atoms with Gasteiger partial charge in [0.15, 0.2) is 0 Å². The number of hydrogen-bond donors (Lipinski definition) is 1. The third-order valence-electron chi connectivity index (χ3n) is 5.48. The summed E-state index contributed by atoms with van der Waals surface area (Å²) in [5.74, 6) is 1.55. The average molecular weight is 416 g/mol. The minimum atomic E-state index is -0.473. The van der Waals surface area contributed by atoms with Crippen molar-refractivity contribution >= 4 is 6.09 Å². The van der Waals surface area contributed by atoms with Crippen LogP contribution in [-0.2, 0) is 4.74 Å². The minimum Gasteiger partial charge on any atom is -0.493 e. The fourth-order valence-electron chi connectivity index (χ4n) is 4.34. The van der Waals surface area contributed by atoms with Crippen molar-refractivity contribution in [2.45, 2.75) is 45.3 Å². The Bertz CT molecular complexity index is 739. The smallest absolute Gasteiger partial charge is 0.410 e. The van der Waals surface area contributed by atoms with Crippen LogP contribution in [0.5, 0.6) is 5.75 Å². The van der Waals surface area contributed by atoms with E-state index in [4.69, 9.17) is 14.7 Å². The Hall–Kier alpha value is -2.30. The number of piperidine rings is 2. The first-order valence-electron chi connectivity index (χ1n) is 10.7. The van der Waals surface area contributed by atoms with E-state index < -0.39 is 11.7 Å². The van der Waals surface area contributed by atoms with Gasteiger partial charge in [0.05, 0.1) is 24.3 Å². The number of aliphatic hydroxyl groups excluding tert-OH is 1. The maximum atomic E-state index is 12.4. The molecule has 2 fully saturated rings. The Morgan fingerprint density at radius 2 is 1.83 bits per heavy atom. The number of β-amino-alcohol motifs (C(OH)–C–C–N with tert-alkyl or cyclic N) is 1. The van der Waals surface area contributed by atoms with Gasteiger partial charge in [0.2, 0.25) is 0 Å². The Balaban J connectivity index is 1.40. The second kappa shape index (κ2) is 9.67. The van der Waals surface area contributed by atoms with Crippen molar-refractivity contribution in [2.75, 3.05) is 39.3 Å². The summed E-state index contributed by atoms with van der Waals surface area (Å²) in [6.07, 6.45) is 1.01. The topological polar surface area (TPSA) is 86.0 Å². The lowest BCUT2D eigenvalue weighted by Gasteiger charge is -2.46. The van der Waals surface area contributed by atoms with Gasteiger partial charge in [0.25, 0.3) is 0 Å². The third kappa shape index (κ3) is 6.61. The van der Waals surface area contributed by atoms with Crippen LogP contribution in [0.4, 0.5) is 4.79 Å². The number of nitrogens with zero attached hydrogens (tertiary/aromatic N) is 3. The molecule has 1 amide bonds. The van der Waals surface area contributed by atoms with Crippen molar-refractivity contribution in [2.24, 2.45) is 11.8 Å². The molecule has 0 aromatic heterocycles. The number of likely N-dealkylation sites (tertiary alicyclic amines) is 2. The fraction of sp³-hybridized carbons (Fsp3) is 0.652. The summed E-state index contributed by atoms with van der Waals surface area (Å²) in [4.78, 5) is 16.6. The minimum absolute atomic E-state index is 0.217. The van der Waals surface area contributed by atoms with E-state index in [2.05, 4.69) is 11.0 Å². The molecule has 0 aliphatic carbocycles. The predicted octanol–water partition coefficient (Wildman–Crippen LogP) is 2.88. The van der Waals surface area contributed by atoms with Crippen molar-refractivity contribution in [3.63, 3.8) is 0 Å². The Labute approximate surface area is 179 Å². The number of nitriles is 1. The summed E-state index contributed by atoms with van der Waals surface area (Å²) >= 11 is 0. The molecule has 1 aromatic rings. The van der Waals surface area contributed by atoms with Crippen molar-refractivity contribution in [3.05, 3.63) is 29.8 Å². The van der Waals surface area contributed by atoms with Crippen LogP contribution < -0.4 is 4.74 Å². The maximum absolute atomic E-state index is 12.4. The number of amides is 1. The molecule has 3 unspecified atom stereocenters. The highest BCUT2D eigenvalue weighted by Gasteiger charge is 2.37. The molecule has 1 N–H and O–H groups in total. The van der Waals surface area contributed by atoms with E-state index >= 15 is 0 Å². The van der Waals surface area contributed by atoms with Crippen LogP contribution in [0.3, 0.4) is 0 Å². The van der Waals surface area contributed by atoms with Gasteiger partial charge in [0.1, 0.15) is 11.4 Å². The van der Waals surface area contributed by atoms with Crippen LogP contribution in [0.2, 0.25) is 0 Å². The zero-order valence-corrected chi connectivity index (χ0v) is 18.2. The molecular formula is C23H33N3O4. The molecule has 3 atom stereocenters. The molecule has 3 rings (SSSR count). The highest BCUT2D eigenvalue weighted by Crippen LogP contribution is 2.29. The largest absolute Gasteiger partial charge is 0.493 e. The molecule has 0 saturated carbocycles. The van der Waals surface area contributed by atoms with Crippen molar-refractivity contribution in [1.29, 1.82) is 5.26 Å². The number of benzene rings is 1. The zero-order valence-electron chi connectivity index (χ0n) is 18.2. The Morgan fingerprint density at radius 1 is 1.20 bits per heavy atom. The van der Waals surface area contributed by atoms with Crippen LogP contribution in [0.15, 0.2) is 24.3 Å². The SMILES string of the molecule is CC(C)(C)OC(=O)N1CC2CC(CN(CC(O)CCOc3ccc(C#N)cc3)C2)C1. The number of rotatable bonds is 6. The van der Waals surface area contributed by atoms with Crippen molar-refractivity contribution in [3.8, 4) is 11.8 Å². The van der Waals surface area contributed by atoms with Gasteiger partial charge in [0, 0.05) is 39.1 Å². The second-order valence-corrected chi connectivity index (χ2v) is 9.50. The van der Waals surface area contributed by atoms with Gasteiger partial charge in [-0.3, -0.25) is 0 Å². The van der Waals surface area contributed by atoms with Gasteiger partial charge >= 0.3 is 6.09 Å². The van der Waals surface area contributed by atoms with Crippen LogP contribution >= 0.6 is 0 Å². The van der Waals surface area contributed by atoms with Crippen molar-refractivity contribution < 1.29 is 19.4 Å². The molecule has 0 spiro atoms. The molecule has 2 saturated heterocycles.